The van der Waals surface area contributed by atoms with Crippen LogP contribution in [0.2, 0.25) is 10.0 Å². The van der Waals surface area contributed by atoms with E-state index < -0.39 is 11.8 Å². The second-order valence-electron chi connectivity index (χ2n) is 8.29. The molecule has 0 spiro atoms. The van der Waals surface area contributed by atoms with E-state index >= 15 is 0 Å². The standard InChI is InChI=1S/C31H21BrCl2N2O3/c32-23-14-9-20(10-15-23)11-18-29(37)21-12-16-24(17-13-21)35-31(39)28(19-25-26(33)7-4-8-27(25)34)36-30(38)22-5-2-1-3-6-22/h1-19H,(H,35,39)(H,36,38)/b18-11+,28-19-. The second-order valence-corrected chi connectivity index (χ2v) is 10.0. The maximum atomic E-state index is 13.2. The van der Waals surface area contributed by atoms with E-state index in [0.717, 1.165) is 10.0 Å². The van der Waals surface area contributed by atoms with Crippen molar-refractivity contribution in [2.24, 2.45) is 0 Å². The Morgan fingerprint density at radius 3 is 2.00 bits per heavy atom. The molecule has 8 heteroatoms. The highest BCUT2D eigenvalue weighted by molar-refractivity contribution is 9.10. The number of ketones is 1. The van der Waals surface area contributed by atoms with E-state index in [1.54, 1.807) is 78.9 Å². The molecule has 0 heterocycles. The second kappa shape index (κ2) is 13.2. The van der Waals surface area contributed by atoms with Gasteiger partial charge in [0.2, 0.25) is 0 Å². The predicted molar refractivity (Wildman–Crippen MR) is 161 cm³/mol. The Morgan fingerprint density at radius 2 is 1.36 bits per heavy atom. The zero-order valence-electron chi connectivity index (χ0n) is 20.3. The van der Waals surface area contributed by atoms with E-state index in [1.165, 1.54) is 12.2 Å². The molecule has 0 fully saturated rings. The summed E-state index contributed by atoms with van der Waals surface area (Å²) >= 11 is 16.0. The third-order valence-electron chi connectivity index (χ3n) is 5.54. The molecule has 0 aliphatic heterocycles. The summed E-state index contributed by atoms with van der Waals surface area (Å²) in [7, 11) is 0. The van der Waals surface area contributed by atoms with Crippen LogP contribution in [0.25, 0.3) is 12.2 Å². The number of halogens is 3. The number of amides is 2. The number of hydrogen-bond donors (Lipinski definition) is 2. The fourth-order valence-corrected chi connectivity index (χ4v) is 4.26. The maximum Gasteiger partial charge on any atom is 0.272 e. The van der Waals surface area contributed by atoms with Crippen LogP contribution >= 0.6 is 39.1 Å². The molecule has 4 aromatic carbocycles. The number of carbonyl (C=O) groups is 3. The molecule has 0 saturated heterocycles. The topological polar surface area (TPSA) is 75.3 Å². The van der Waals surface area contributed by atoms with Crippen molar-refractivity contribution in [3.8, 4) is 0 Å². The van der Waals surface area contributed by atoms with Gasteiger partial charge in [0.15, 0.2) is 5.78 Å². The van der Waals surface area contributed by atoms with Gasteiger partial charge in [-0.2, -0.15) is 0 Å². The molecule has 0 aliphatic rings. The average molecular weight is 620 g/mol. The summed E-state index contributed by atoms with van der Waals surface area (Å²) in [6.07, 6.45) is 4.65. The first kappa shape index (κ1) is 28.0. The number of anilines is 1. The van der Waals surface area contributed by atoms with Crippen molar-refractivity contribution in [1.82, 2.24) is 5.32 Å². The summed E-state index contributed by atoms with van der Waals surface area (Å²) in [5, 5.41) is 6.03. The first-order valence-corrected chi connectivity index (χ1v) is 13.3. The predicted octanol–water partition coefficient (Wildman–Crippen LogP) is 8.06. The van der Waals surface area contributed by atoms with Crippen molar-refractivity contribution in [2.45, 2.75) is 0 Å². The largest absolute Gasteiger partial charge is 0.321 e. The molecule has 5 nitrogen and oxygen atoms in total. The van der Waals surface area contributed by atoms with Gasteiger partial charge >= 0.3 is 0 Å². The van der Waals surface area contributed by atoms with Crippen LogP contribution in [0.3, 0.4) is 0 Å². The van der Waals surface area contributed by atoms with Gasteiger partial charge < -0.3 is 10.6 Å². The Morgan fingerprint density at radius 1 is 0.718 bits per heavy atom. The molecule has 4 rings (SSSR count). The summed E-state index contributed by atoms with van der Waals surface area (Å²) in [6.45, 7) is 0. The Bertz CT molecular complexity index is 1550. The van der Waals surface area contributed by atoms with Crippen molar-refractivity contribution in [1.29, 1.82) is 0 Å². The fraction of sp³-hybridized carbons (Fsp3) is 0. The Balaban J connectivity index is 1.52. The summed E-state index contributed by atoms with van der Waals surface area (Å²) in [5.74, 6) is -1.25. The van der Waals surface area contributed by atoms with Gasteiger partial charge in [0.05, 0.1) is 0 Å². The molecule has 0 aliphatic carbocycles. The van der Waals surface area contributed by atoms with Gasteiger partial charge in [-0.1, -0.05) is 81.6 Å². The highest BCUT2D eigenvalue weighted by atomic mass is 79.9. The number of benzene rings is 4. The zero-order chi connectivity index (χ0) is 27.8. The number of hydrogen-bond acceptors (Lipinski definition) is 3. The highest BCUT2D eigenvalue weighted by Gasteiger charge is 2.17. The molecule has 0 radical (unpaired) electrons. The van der Waals surface area contributed by atoms with E-state index in [2.05, 4.69) is 26.6 Å². The van der Waals surface area contributed by atoms with Gasteiger partial charge in [-0.05, 0) is 78.4 Å². The molecule has 2 N–H and O–H groups in total. The van der Waals surface area contributed by atoms with Gasteiger partial charge in [-0.15, -0.1) is 0 Å². The van der Waals surface area contributed by atoms with E-state index in [1.807, 2.05) is 24.3 Å². The van der Waals surface area contributed by atoms with Gasteiger partial charge in [0.25, 0.3) is 11.8 Å². The first-order valence-electron chi connectivity index (χ1n) is 11.7. The van der Waals surface area contributed by atoms with Crippen LogP contribution in [0, 0.1) is 0 Å². The summed E-state index contributed by atoms with van der Waals surface area (Å²) in [5.41, 5.74) is 2.48. The number of allylic oxidation sites excluding steroid dienone is 1. The molecule has 0 aromatic heterocycles. The SMILES string of the molecule is O=C(Nc1ccc(C(=O)/C=C/c2ccc(Br)cc2)cc1)/C(=C/c1c(Cl)cccc1Cl)NC(=O)c1ccccc1. The Hall–Kier alpha value is -3.97. The van der Waals surface area contributed by atoms with Gasteiger partial charge in [0.1, 0.15) is 5.70 Å². The minimum Gasteiger partial charge on any atom is -0.321 e. The van der Waals surface area contributed by atoms with Crippen molar-refractivity contribution in [3.63, 3.8) is 0 Å². The normalized spacial score (nSPS) is 11.3. The van der Waals surface area contributed by atoms with Crippen molar-refractivity contribution >= 4 is 74.6 Å². The van der Waals surface area contributed by atoms with Gasteiger partial charge in [-0.3, -0.25) is 14.4 Å². The van der Waals surface area contributed by atoms with Crippen LogP contribution in [0.4, 0.5) is 5.69 Å². The quantitative estimate of drug-likeness (QED) is 0.155. The minimum absolute atomic E-state index is 0.0589. The minimum atomic E-state index is -0.593. The molecule has 39 heavy (non-hydrogen) atoms. The molecule has 194 valence electrons. The molecule has 0 saturated carbocycles. The lowest BCUT2D eigenvalue weighted by Gasteiger charge is -2.12. The molecule has 4 aromatic rings. The van der Waals surface area contributed by atoms with Crippen LogP contribution in [0.15, 0.2) is 113 Å². The summed E-state index contributed by atoms with van der Waals surface area (Å²) in [6, 6.07) is 27.5. The van der Waals surface area contributed by atoms with Crippen LogP contribution < -0.4 is 10.6 Å². The number of carbonyl (C=O) groups excluding carboxylic acids is 3. The summed E-state index contributed by atoms with van der Waals surface area (Å²) < 4.78 is 0.955. The summed E-state index contributed by atoms with van der Waals surface area (Å²) in [4.78, 5) is 38.7. The number of nitrogens with one attached hydrogen (secondary N) is 2. The molecular formula is C31H21BrCl2N2O3. The monoisotopic (exact) mass is 618 g/mol. The molecular weight excluding hydrogens is 599 g/mol. The lowest BCUT2D eigenvalue weighted by Crippen LogP contribution is -2.30. The van der Waals surface area contributed by atoms with Gasteiger partial charge in [0, 0.05) is 36.9 Å². The van der Waals surface area contributed by atoms with Crippen molar-refractivity contribution in [3.05, 3.63) is 146 Å². The third-order valence-corrected chi connectivity index (χ3v) is 6.73. The first-order chi connectivity index (χ1) is 18.8. The third kappa shape index (κ3) is 7.77. The van der Waals surface area contributed by atoms with Crippen molar-refractivity contribution in [2.75, 3.05) is 5.32 Å². The van der Waals surface area contributed by atoms with Gasteiger partial charge in [-0.25, -0.2) is 0 Å². The molecule has 0 unspecified atom stereocenters. The molecule has 0 bridgehead atoms. The lowest BCUT2D eigenvalue weighted by atomic mass is 10.1. The molecule has 0 atom stereocenters. The van der Waals surface area contributed by atoms with Crippen LogP contribution in [-0.4, -0.2) is 17.6 Å². The van der Waals surface area contributed by atoms with Crippen LogP contribution in [-0.2, 0) is 4.79 Å². The van der Waals surface area contributed by atoms with E-state index in [-0.39, 0.29) is 11.5 Å². The Labute approximate surface area is 244 Å². The van der Waals surface area contributed by atoms with E-state index in [0.29, 0.717) is 32.4 Å². The van der Waals surface area contributed by atoms with Crippen molar-refractivity contribution < 1.29 is 14.4 Å². The van der Waals surface area contributed by atoms with E-state index in [4.69, 9.17) is 23.2 Å². The highest BCUT2D eigenvalue weighted by Crippen LogP contribution is 2.27. The maximum absolute atomic E-state index is 13.2. The molecule has 2 amide bonds. The smallest absolute Gasteiger partial charge is 0.272 e. The van der Waals surface area contributed by atoms with E-state index in [9.17, 15) is 14.4 Å². The van der Waals surface area contributed by atoms with Crippen LogP contribution in [0.1, 0.15) is 31.8 Å². The fourth-order valence-electron chi connectivity index (χ4n) is 3.49. The number of rotatable bonds is 8. The zero-order valence-corrected chi connectivity index (χ0v) is 23.4. The Kier molecular flexibility index (Phi) is 9.49. The average Bonchev–Trinajstić information content (AvgIpc) is 2.94. The van der Waals surface area contributed by atoms with Crippen LogP contribution in [0.5, 0.6) is 0 Å². The lowest BCUT2D eigenvalue weighted by molar-refractivity contribution is -0.113.